The summed E-state index contributed by atoms with van der Waals surface area (Å²) >= 11 is 0. The maximum atomic E-state index is 12.2. The molecule has 1 atom stereocenters. The van der Waals surface area contributed by atoms with Gasteiger partial charge < -0.3 is 10.3 Å². The van der Waals surface area contributed by atoms with Crippen molar-refractivity contribution in [3.05, 3.63) is 39.9 Å². The second kappa shape index (κ2) is 5.95. The fourth-order valence-electron chi connectivity index (χ4n) is 3.07. The zero-order valence-corrected chi connectivity index (χ0v) is 12.6. The Kier molecular flexibility index (Phi) is 4.03. The number of likely N-dealkylation sites (tertiary alicyclic amines) is 1. The predicted octanol–water partition coefficient (Wildman–Crippen LogP) is 1.42. The Morgan fingerprint density at radius 2 is 2.33 bits per heavy atom. The number of benzene rings is 1. The van der Waals surface area contributed by atoms with Gasteiger partial charge in [0.05, 0.1) is 17.4 Å². The van der Waals surface area contributed by atoms with Crippen molar-refractivity contribution in [1.29, 1.82) is 0 Å². The second-order valence-electron chi connectivity index (χ2n) is 5.85. The largest absolute Gasteiger partial charge is 0.316 e. The van der Waals surface area contributed by atoms with Crippen LogP contribution in [0.15, 0.2) is 23.0 Å². The number of piperidine rings is 1. The van der Waals surface area contributed by atoms with E-state index in [0.717, 1.165) is 30.0 Å². The van der Waals surface area contributed by atoms with Crippen molar-refractivity contribution in [2.45, 2.75) is 32.4 Å². The number of hydrogen-bond donors (Lipinski definition) is 2. The summed E-state index contributed by atoms with van der Waals surface area (Å²) in [5.74, 6) is 0.763. The molecule has 1 aromatic heterocycles. The number of para-hydroxylation sites is 1. The molecule has 0 aliphatic carbocycles. The molecule has 0 radical (unpaired) electrons. The minimum atomic E-state index is -0.0409. The Balaban J connectivity index is 1.87. The predicted molar refractivity (Wildman–Crippen MR) is 84.5 cm³/mol. The monoisotopic (exact) mass is 286 g/mol. The smallest absolute Gasteiger partial charge is 0.258 e. The molecule has 5 heteroatoms. The van der Waals surface area contributed by atoms with E-state index in [4.69, 9.17) is 0 Å². The maximum Gasteiger partial charge on any atom is 0.258 e. The molecule has 112 valence electrons. The summed E-state index contributed by atoms with van der Waals surface area (Å²) in [6.07, 6.45) is 2.40. The Labute approximate surface area is 124 Å². The lowest BCUT2D eigenvalue weighted by molar-refractivity contribution is 0.184. The number of fused-ring (bicyclic) bond motifs is 1. The number of H-pyrrole nitrogens is 1. The van der Waals surface area contributed by atoms with E-state index >= 15 is 0 Å². The van der Waals surface area contributed by atoms with Crippen LogP contribution in [0.2, 0.25) is 0 Å². The van der Waals surface area contributed by atoms with Crippen molar-refractivity contribution >= 4 is 10.9 Å². The molecule has 1 saturated heterocycles. The van der Waals surface area contributed by atoms with Crippen LogP contribution in [0.25, 0.3) is 10.9 Å². The SMILES string of the molecule is CNC1CCCN(Cc2nc3c(C)cccc3c(=O)[nH]2)C1. The van der Waals surface area contributed by atoms with E-state index < -0.39 is 0 Å². The van der Waals surface area contributed by atoms with Crippen molar-refractivity contribution in [1.82, 2.24) is 20.2 Å². The summed E-state index contributed by atoms with van der Waals surface area (Å²) in [6, 6.07) is 6.26. The Morgan fingerprint density at radius 1 is 1.48 bits per heavy atom. The van der Waals surface area contributed by atoms with Gasteiger partial charge in [0.1, 0.15) is 5.82 Å². The standard InChI is InChI=1S/C16H22N4O/c1-11-5-3-7-13-15(11)18-14(19-16(13)21)10-20-8-4-6-12(9-20)17-2/h3,5,7,12,17H,4,6,8-10H2,1-2H3,(H,18,19,21). The molecule has 0 saturated carbocycles. The summed E-state index contributed by atoms with van der Waals surface area (Å²) in [6.45, 7) is 4.77. The molecule has 1 aromatic carbocycles. The number of nitrogens with zero attached hydrogens (tertiary/aromatic N) is 2. The van der Waals surface area contributed by atoms with Gasteiger partial charge in [0.2, 0.25) is 0 Å². The van der Waals surface area contributed by atoms with Crippen molar-refractivity contribution < 1.29 is 0 Å². The summed E-state index contributed by atoms with van der Waals surface area (Å²) < 4.78 is 0. The zero-order valence-electron chi connectivity index (χ0n) is 12.6. The second-order valence-corrected chi connectivity index (χ2v) is 5.85. The summed E-state index contributed by atoms with van der Waals surface area (Å²) in [5.41, 5.74) is 1.82. The van der Waals surface area contributed by atoms with E-state index in [1.165, 1.54) is 12.8 Å². The van der Waals surface area contributed by atoms with Crippen LogP contribution in [0, 0.1) is 6.92 Å². The quantitative estimate of drug-likeness (QED) is 0.896. The molecular formula is C16H22N4O. The first-order valence-electron chi connectivity index (χ1n) is 7.55. The van der Waals surface area contributed by atoms with E-state index in [1.54, 1.807) is 0 Å². The van der Waals surface area contributed by atoms with Gasteiger partial charge in [-0.25, -0.2) is 4.98 Å². The lowest BCUT2D eigenvalue weighted by Crippen LogP contribution is -2.44. The molecule has 1 unspecified atom stereocenters. The number of aromatic amines is 1. The average Bonchev–Trinajstić information content (AvgIpc) is 2.49. The van der Waals surface area contributed by atoms with Crippen molar-refractivity contribution in [2.24, 2.45) is 0 Å². The van der Waals surface area contributed by atoms with Crippen LogP contribution < -0.4 is 10.9 Å². The normalized spacial score (nSPS) is 20.0. The van der Waals surface area contributed by atoms with Crippen LogP contribution in [0.1, 0.15) is 24.2 Å². The zero-order chi connectivity index (χ0) is 14.8. The third-order valence-electron chi connectivity index (χ3n) is 4.27. The number of rotatable bonds is 3. The number of aromatic nitrogens is 2. The van der Waals surface area contributed by atoms with Crippen LogP contribution >= 0.6 is 0 Å². The number of hydrogen-bond acceptors (Lipinski definition) is 4. The van der Waals surface area contributed by atoms with E-state index in [2.05, 4.69) is 20.2 Å². The van der Waals surface area contributed by atoms with Crippen LogP contribution in [0.5, 0.6) is 0 Å². The minimum Gasteiger partial charge on any atom is -0.316 e. The van der Waals surface area contributed by atoms with E-state index in [-0.39, 0.29) is 5.56 Å². The Morgan fingerprint density at radius 3 is 3.14 bits per heavy atom. The molecule has 1 aliphatic rings. The van der Waals surface area contributed by atoms with Crippen molar-refractivity contribution in [3.63, 3.8) is 0 Å². The first kappa shape index (κ1) is 14.2. The van der Waals surface area contributed by atoms with Crippen LogP contribution in [-0.2, 0) is 6.54 Å². The lowest BCUT2D eigenvalue weighted by Gasteiger charge is -2.32. The van der Waals surface area contributed by atoms with Gasteiger partial charge in [-0.1, -0.05) is 12.1 Å². The number of nitrogens with one attached hydrogen (secondary N) is 2. The summed E-state index contributed by atoms with van der Waals surface area (Å²) in [7, 11) is 2.01. The molecule has 2 heterocycles. The fourth-order valence-corrected chi connectivity index (χ4v) is 3.07. The Bertz CT molecular complexity index is 694. The highest BCUT2D eigenvalue weighted by molar-refractivity contribution is 5.80. The molecular weight excluding hydrogens is 264 g/mol. The Hall–Kier alpha value is -1.72. The molecule has 0 amide bonds. The molecule has 2 N–H and O–H groups in total. The van der Waals surface area contributed by atoms with E-state index in [9.17, 15) is 4.79 Å². The highest BCUT2D eigenvalue weighted by Crippen LogP contribution is 2.15. The number of likely N-dealkylation sites (N-methyl/N-ethyl adjacent to an activating group) is 1. The molecule has 21 heavy (non-hydrogen) atoms. The lowest BCUT2D eigenvalue weighted by atomic mass is 10.1. The van der Waals surface area contributed by atoms with Gasteiger partial charge in [-0.2, -0.15) is 0 Å². The minimum absolute atomic E-state index is 0.0409. The van der Waals surface area contributed by atoms with Gasteiger partial charge >= 0.3 is 0 Å². The van der Waals surface area contributed by atoms with Crippen molar-refractivity contribution in [3.8, 4) is 0 Å². The van der Waals surface area contributed by atoms with Gasteiger partial charge in [-0.3, -0.25) is 9.69 Å². The number of aryl methyl sites for hydroxylation is 1. The third-order valence-corrected chi connectivity index (χ3v) is 4.27. The highest BCUT2D eigenvalue weighted by Gasteiger charge is 2.19. The van der Waals surface area contributed by atoms with E-state index in [0.29, 0.717) is 18.0 Å². The first-order valence-corrected chi connectivity index (χ1v) is 7.55. The molecule has 3 rings (SSSR count). The summed E-state index contributed by atoms with van der Waals surface area (Å²) in [5, 5.41) is 4.01. The molecule has 0 spiro atoms. The van der Waals surface area contributed by atoms with Crippen molar-refractivity contribution in [2.75, 3.05) is 20.1 Å². The molecule has 0 bridgehead atoms. The molecule has 5 nitrogen and oxygen atoms in total. The van der Waals surface area contributed by atoms with Crippen LogP contribution in [0.3, 0.4) is 0 Å². The van der Waals surface area contributed by atoms with Gasteiger partial charge in [0.15, 0.2) is 0 Å². The average molecular weight is 286 g/mol. The van der Waals surface area contributed by atoms with Gasteiger partial charge in [-0.05, 0) is 45.0 Å². The van der Waals surface area contributed by atoms with Crippen LogP contribution in [-0.4, -0.2) is 41.0 Å². The molecule has 1 aliphatic heterocycles. The van der Waals surface area contributed by atoms with Gasteiger partial charge in [0, 0.05) is 12.6 Å². The molecule has 1 fully saturated rings. The maximum absolute atomic E-state index is 12.2. The first-order chi connectivity index (χ1) is 10.2. The highest BCUT2D eigenvalue weighted by atomic mass is 16.1. The van der Waals surface area contributed by atoms with E-state index in [1.807, 2.05) is 32.2 Å². The molecule has 2 aromatic rings. The fraction of sp³-hybridized carbons (Fsp3) is 0.500. The summed E-state index contributed by atoms with van der Waals surface area (Å²) in [4.78, 5) is 22.1. The third kappa shape index (κ3) is 2.99. The van der Waals surface area contributed by atoms with Gasteiger partial charge in [-0.15, -0.1) is 0 Å². The topological polar surface area (TPSA) is 61.0 Å². The van der Waals surface area contributed by atoms with Crippen LogP contribution in [0.4, 0.5) is 0 Å². The van der Waals surface area contributed by atoms with Gasteiger partial charge in [0.25, 0.3) is 5.56 Å².